The molecule has 5 fully saturated rings. The molecular formula is C40H42Br2N8O14. The molecule has 2 aromatic rings. The Kier molecular flexibility index (Phi) is 9.96. The number of esters is 4. The molecule has 9 rings (SSSR count). The molecule has 22 nitrogen and oxygen atoms in total. The number of nitrogens with zero attached hydrogens (tertiary/aromatic N) is 8. The van der Waals surface area contributed by atoms with E-state index in [9.17, 15) is 0 Å². The molecule has 7 aliphatic heterocycles. The van der Waals surface area contributed by atoms with Gasteiger partial charge in [-0.3, -0.25) is 39.2 Å². The Bertz CT molecular complexity index is 2330. The minimum absolute atomic E-state index is 0.272. The predicted molar refractivity (Wildman–Crippen MR) is 220 cm³/mol. The van der Waals surface area contributed by atoms with Crippen molar-refractivity contribution in [3.05, 3.63) is 55.5 Å². The first-order valence-corrected chi connectivity index (χ1v) is 22.0. The number of rotatable bonds is 10. The number of carbonyl (C=O) groups excluding carboxylic acids is 8. The van der Waals surface area contributed by atoms with E-state index >= 15 is 38.4 Å². The third kappa shape index (κ3) is 4.68. The van der Waals surface area contributed by atoms with Crippen LogP contribution in [0.2, 0.25) is 0 Å². The van der Waals surface area contributed by atoms with Crippen LogP contribution in [0.15, 0.2) is 33.2 Å². The number of halogens is 2. The van der Waals surface area contributed by atoms with Crippen molar-refractivity contribution in [2.45, 2.75) is 76.5 Å². The number of urea groups is 4. The molecule has 8 amide bonds. The maximum Gasteiger partial charge on any atom is 0.359 e. The first-order valence-electron chi connectivity index (χ1n) is 20.4. The van der Waals surface area contributed by atoms with Crippen molar-refractivity contribution >= 4 is 79.9 Å². The van der Waals surface area contributed by atoms with E-state index in [1.54, 1.807) is 24.3 Å². The van der Waals surface area contributed by atoms with E-state index in [-0.39, 0.29) is 37.9 Å². The molecule has 2 aromatic carbocycles. The maximum absolute atomic E-state index is 15.8. The van der Waals surface area contributed by atoms with Crippen molar-refractivity contribution in [3.8, 4) is 11.5 Å². The van der Waals surface area contributed by atoms with E-state index in [4.69, 9.17) is 28.4 Å². The van der Waals surface area contributed by atoms with Crippen molar-refractivity contribution in [2.75, 3.05) is 54.0 Å². The van der Waals surface area contributed by atoms with Crippen LogP contribution in [0.4, 0.5) is 19.2 Å². The quantitative estimate of drug-likeness (QED) is 0.247. The Morgan fingerprint density at radius 2 is 0.703 bits per heavy atom. The van der Waals surface area contributed by atoms with Crippen LogP contribution in [0.3, 0.4) is 0 Å². The number of hydrogen-bond donors (Lipinski definition) is 0. The maximum atomic E-state index is 15.8. The molecule has 4 atom stereocenters. The zero-order valence-corrected chi connectivity index (χ0v) is 38.6. The summed E-state index contributed by atoms with van der Waals surface area (Å²) in [5.74, 6) is -4.49. The number of carbonyl (C=O) groups is 8. The zero-order chi connectivity index (χ0) is 46.0. The smallest absolute Gasteiger partial charge is 0.359 e. The van der Waals surface area contributed by atoms with Crippen LogP contribution in [-0.2, 0) is 64.3 Å². The molecule has 24 heteroatoms. The van der Waals surface area contributed by atoms with E-state index in [1.165, 1.54) is 41.9 Å². The predicted octanol–water partition coefficient (Wildman–Crippen LogP) is 2.87. The fourth-order valence-corrected chi connectivity index (χ4v) is 11.8. The van der Waals surface area contributed by atoms with Gasteiger partial charge < -0.3 is 28.4 Å². The van der Waals surface area contributed by atoms with Crippen LogP contribution in [-0.4, -0.2) is 164 Å². The number of methoxy groups -OCH3 is 2. The van der Waals surface area contributed by atoms with Crippen LogP contribution in [0, 0.1) is 0 Å². The van der Waals surface area contributed by atoms with Gasteiger partial charge in [-0.1, -0.05) is 31.9 Å². The highest BCUT2D eigenvalue weighted by molar-refractivity contribution is 9.10. The van der Waals surface area contributed by atoms with Gasteiger partial charge in [0.1, 0.15) is 24.8 Å². The highest BCUT2D eigenvalue weighted by Gasteiger charge is 2.93. The zero-order valence-electron chi connectivity index (χ0n) is 35.4. The Labute approximate surface area is 381 Å². The molecular weight excluding hydrogens is 976 g/mol. The topological polar surface area (TPSA) is 218 Å². The molecule has 0 aromatic heterocycles. The van der Waals surface area contributed by atoms with Crippen LogP contribution < -0.4 is 9.47 Å². The molecule has 7 heterocycles. The Morgan fingerprint density at radius 3 is 0.953 bits per heavy atom. The number of fused-ring (bicyclic) bond motifs is 2. The number of amides is 8. The molecule has 0 radical (unpaired) electrons. The lowest BCUT2D eigenvalue weighted by molar-refractivity contribution is -0.209. The summed E-state index contributed by atoms with van der Waals surface area (Å²) in [4.78, 5) is 131. The summed E-state index contributed by atoms with van der Waals surface area (Å²) in [6, 6.07) is 2.19. The van der Waals surface area contributed by atoms with Gasteiger partial charge >= 0.3 is 48.0 Å². The summed E-state index contributed by atoms with van der Waals surface area (Å²) in [7, 11) is 2.80. The van der Waals surface area contributed by atoms with E-state index in [0.29, 0.717) is 31.2 Å². The number of benzene rings is 2. The van der Waals surface area contributed by atoms with Gasteiger partial charge in [-0.2, -0.15) is 0 Å². The fraction of sp³-hybridized carbons (Fsp3) is 0.500. The molecule has 0 spiro atoms. The number of ether oxygens (including phenoxy) is 6. The van der Waals surface area contributed by atoms with E-state index < -0.39 is 110 Å². The average molecular weight is 1020 g/mol. The molecule has 0 unspecified atom stereocenters. The summed E-state index contributed by atoms with van der Waals surface area (Å²) in [5, 5.41) is 0. The molecule has 64 heavy (non-hydrogen) atoms. The minimum atomic E-state index is -2.89. The van der Waals surface area contributed by atoms with Gasteiger partial charge in [0.2, 0.25) is 0 Å². The Morgan fingerprint density at radius 1 is 0.453 bits per heavy atom. The second kappa shape index (κ2) is 14.8. The second-order valence-electron chi connectivity index (χ2n) is 15.5. The summed E-state index contributed by atoms with van der Waals surface area (Å²) < 4.78 is 35.3. The Hall–Kier alpha value is -6.04. The highest BCUT2D eigenvalue weighted by atomic mass is 79.9. The third-order valence-corrected chi connectivity index (χ3v) is 14.6. The van der Waals surface area contributed by atoms with Crippen LogP contribution in [0.1, 0.15) is 49.9 Å². The first-order chi connectivity index (χ1) is 30.6. The van der Waals surface area contributed by atoms with Crippen molar-refractivity contribution in [1.82, 2.24) is 39.2 Å². The number of hydrogen-bond acceptors (Lipinski definition) is 14. The van der Waals surface area contributed by atoms with Gasteiger partial charge in [-0.05, 0) is 63.1 Å². The van der Waals surface area contributed by atoms with Crippen LogP contribution in [0.25, 0.3) is 0 Å². The summed E-state index contributed by atoms with van der Waals surface area (Å²) in [6.45, 7) is 0.664. The molecule has 0 bridgehead atoms. The summed E-state index contributed by atoms with van der Waals surface area (Å²) >= 11 is 7.12. The lowest BCUT2D eigenvalue weighted by Crippen LogP contribution is -2.81. The van der Waals surface area contributed by atoms with Gasteiger partial charge in [-0.25, -0.2) is 38.4 Å². The molecule has 0 saturated carbocycles. The molecule has 5 saturated heterocycles. The van der Waals surface area contributed by atoms with E-state index in [1.807, 2.05) is 0 Å². The van der Waals surface area contributed by atoms with Gasteiger partial charge in [-0.15, -0.1) is 0 Å². The highest BCUT2D eigenvalue weighted by Crippen LogP contribution is 2.62. The van der Waals surface area contributed by atoms with Gasteiger partial charge in [0.15, 0.2) is 0 Å². The van der Waals surface area contributed by atoms with Crippen LogP contribution in [0.5, 0.6) is 11.5 Å². The lowest BCUT2D eigenvalue weighted by Gasteiger charge is -2.51. The molecule has 340 valence electrons. The largest absolute Gasteiger partial charge is 0.496 e. The first kappa shape index (κ1) is 43.2. The van der Waals surface area contributed by atoms with Crippen molar-refractivity contribution < 1.29 is 66.8 Å². The monoisotopic (exact) mass is 1020 g/mol. The summed E-state index contributed by atoms with van der Waals surface area (Å²) in [5.41, 5.74) is -9.73. The molecule has 0 aliphatic carbocycles. The van der Waals surface area contributed by atoms with E-state index in [2.05, 4.69) is 31.9 Å². The fourth-order valence-electron chi connectivity index (χ4n) is 10.8. The van der Waals surface area contributed by atoms with Crippen molar-refractivity contribution in [3.63, 3.8) is 0 Å². The summed E-state index contributed by atoms with van der Waals surface area (Å²) in [6.07, 6.45) is 0. The minimum Gasteiger partial charge on any atom is -0.496 e. The van der Waals surface area contributed by atoms with Crippen molar-refractivity contribution in [2.24, 2.45) is 0 Å². The van der Waals surface area contributed by atoms with Crippen molar-refractivity contribution in [1.29, 1.82) is 0 Å². The SMILES string of the molecule is CCOC(=O)[C@@]12N3CN4C(=O)N5Cc6c(Br)ccc(OC)c6CN6C(=O)N(CN1C(=O)N1Cc7c(OC)ccc(Br)c7CN(C3=O)[C@@]12C(=O)OCC)[C@]4(C(=O)OCC)[C@@]56C(=O)OCC. The average Bonchev–Trinajstić information content (AvgIpc) is 3.63. The third-order valence-electron chi connectivity index (χ3n) is 13.1. The van der Waals surface area contributed by atoms with E-state index in [0.717, 1.165) is 39.2 Å². The molecule has 0 N–H and O–H groups in total. The Balaban J connectivity index is 1.39. The van der Waals surface area contributed by atoms with Gasteiger partial charge in [0.05, 0.1) is 66.8 Å². The normalized spacial score (nSPS) is 27.0. The van der Waals surface area contributed by atoms with Gasteiger partial charge in [0.25, 0.3) is 22.7 Å². The van der Waals surface area contributed by atoms with Gasteiger partial charge in [0, 0.05) is 20.1 Å². The van der Waals surface area contributed by atoms with Crippen LogP contribution >= 0.6 is 31.9 Å². The standard InChI is InChI=1S/C40H42Br2N8O14/c1-7-61-29(51)37-39(31(53)63-9-3)47-19-48-34(56)44-16-22-24(28(60-6)14-12-26(22)42)18-46-36(58)50(40(48,32(54)64-10-4)38(44,46)30(52)62-8-2)20-49(39)35(57)45(37)17-23-21(15-43(37)33(47)55)25(41)11-13-27(23)59-5/h11-14H,7-10,15-20H2,1-6H3/t37-,38-,39+,40+/m0/s1. The molecule has 7 aliphatic rings. The lowest BCUT2D eigenvalue weighted by atomic mass is 9.88. The second-order valence-corrected chi connectivity index (χ2v) is 17.2.